The van der Waals surface area contributed by atoms with Crippen LogP contribution >= 0.6 is 22.9 Å². The Morgan fingerprint density at radius 2 is 1.88 bits per heavy atom. The molecule has 0 atom stereocenters. The van der Waals surface area contributed by atoms with E-state index in [0.29, 0.717) is 15.0 Å². The van der Waals surface area contributed by atoms with Crippen molar-refractivity contribution in [2.45, 2.75) is 20.3 Å². The molecule has 0 spiro atoms. The Labute approximate surface area is 150 Å². The quantitative estimate of drug-likeness (QED) is 0.606. The van der Waals surface area contributed by atoms with E-state index in [4.69, 9.17) is 11.6 Å². The molecule has 0 saturated heterocycles. The second-order valence-corrected chi connectivity index (χ2v) is 7.04. The Balaban J connectivity index is 1.76. The first-order valence-corrected chi connectivity index (χ1v) is 8.79. The summed E-state index contributed by atoms with van der Waals surface area (Å²) < 4.78 is 0. The fourth-order valence-corrected chi connectivity index (χ4v) is 3.48. The van der Waals surface area contributed by atoms with Crippen LogP contribution < -0.4 is 5.32 Å². The van der Waals surface area contributed by atoms with Crippen molar-refractivity contribution in [2.24, 2.45) is 0 Å². The van der Waals surface area contributed by atoms with Crippen molar-refractivity contribution in [3.8, 4) is 0 Å². The van der Waals surface area contributed by atoms with Crippen molar-refractivity contribution < 1.29 is 4.79 Å². The number of rotatable bonds is 5. The van der Waals surface area contributed by atoms with Gasteiger partial charge in [0, 0.05) is 17.1 Å². The summed E-state index contributed by atoms with van der Waals surface area (Å²) in [6.07, 6.45) is 1.91. The van der Waals surface area contributed by atoms with Crippen LogP contribution in [0.4, 0.5) is 10.8 Å². The Morgan fingerprint density at radius 3 is 2.62 bits per heavy atom. The molecule has 0 amide bonds. The zero-order valence-corrected chi connectivity index (χ0v) is 15.0. The standard InChI is InChI=1S/C19H17ClN2OS/c1-12-7-5-8-15(20)14(12)10-17(23)18-11-21-19(24-18)22-16-9-4-3-6-13(16)2/h3-9,11H,10H2,1-2H3,(H,21,22). The third kappa shape index (κ3) is 3.66. The average molecular weight is 357 g/mol. The largest absolute Gasteiger partial charge is 0.331 e. The predicted molar refractivity (Wildman–Crippen MR) is 101 cm³/mol. The number of hydrogen-bond donors (Lipinski definition) is 1. The summed E-state index contributed by atoms with van der Waals surface area (Å²) in [5.41, 5.74) is 4.03. The molecule has 0 radical (unpaired) electrons. The van der Waals surface area contributed by atoms with E-state index >= 15 is 0 Å². The van der Waals surface area contributed by atoms with Gasteiger partial charge in [0.1, 0.15) is 0 Å². The summed E-state index contributed by atoms with van der Waals surface area (Å²) in [6.45, 7) is 3.99. The number of para-hydroxylation sites is 1. The molecule has 0 aliphatic heterocycles. The monoisotopic (exact) mass is 356 g/mol. The van der Waals surface area contributed by atoms with Gasteiger partial charge in [0.25, 0.3) is 0 Å². The molecule has 3 rings (SSSR count). The lowest BCUT2D eigenvalue weighted by molar-refractivity contribution is 0.0996. The minimum Gasteiger partial charge on any atom is -0.331 e. The summed E-state index contributed by atoms with van der Waals surface area (Å²) in [6, 6.07) is 13.6. The highest BCUT2D eigenvalue weighted by molar-refractivity contribution is 7.17. The minimum atomic E-state index is 0.0292. The Hall–Kier alpha value is -2.17. The summed E-state index contributed by atoms with van der Waals surface area (Å²) in [4.78, 5) is 17.5. The van der Waals surface area contributed by atoms with Crippen molar-refractivity contribution in [1.82, 2.24) is 4.98 Å². The molecular weight excluding hydrogens is 340 g/mol. The van der Waals surface area contributed by atoms with E-state index in [2.05, 4.69) is 10.3 Å². The van der Waals surface area contributed by atoms with Crippen LogP contribution in [0, 0.1) is 13.8 Å². The van der Waals surface area contributed by atoms with Crippen molar-refractivity contribution in [3.63, 3.8) is 0 Å². The van der Waals surface area contributed by atoms with Crippen molar-refractivity contribution in [3.05, 3.63) is 75.3 Å². The van der Waals surface area contributed by atoms with Gasteiger partial charge in [-0.25, -0.2) is 4.98 Å². The van der Waals surface area contributed by atoms with Gasteiger partial charge in [-0.1, -0.05) is 53.3 Å². The van der Waals surface area contributed by atoms with Crippen molar-refractivity contribution in [2.75, 3.05) is 5.32 Å². The number of anilines is 2. The topological polar surface area (TPSA) is 42.0 Å². The summed E-state index contributed by atoms with van der Waals surface area (Å²) in [7, 11) is 0. The number of halogens is 1. The molecule has 2 aromatic carbocycles. The van der Waals surface area contributed by atoms with Gasteiger partial charge in [-0.2, -0.15) is 0 Å². The van der Waals surface area contributed by atoms with Crippen molar-refractivity contribution in [1.29, 1.82) is 0 Å². The van der Waals surface area contributed by atoms with Gasteiger partial charge in [0.05, 0.1) is 11.1 Å². The van der Waals surface area contributed by atoms with Crippen molar-refractivity contribution >= 4 is 39.5 Å². The first-order valence-electron chi connectivity index (χ1n) is 7.60. The van der Waals surface area contributed by atoms with Crippen LogP contribution in [0.3, 0.4) is 0 Å². The normalized spacial score (nSPS) is 10.6. The van der Waals surface area contributed by atoms with Gasteiger partial charge in [-0.3, -0.25) is 4.79 Å². The molecule has 0 unspecified atom stereocenters. The Morgan fingerprint density at radius 1 is 1.12 bits per heavy atom. The number of hydrogen-bond acceptors (Lipinski definition) is 4. The van der Waals surface area contributed by atoms with Crippen LogP contribution in [0.15, 0.2) is 48.7 Å². The maximum atomic E-state index is 12.5. The van der Waals surface area contributed by atoms with E-state index in [-0.39, 0.29) is 12.2 Å². The fourth-order valence-electron chi connectivity index (χ4n) is 2.43. The number of aryl methyl sites for hydroxylation is 2. The van der Waals surface area contributed by atoms with Gasteiger partial charge < -0.3 is 5.32 Å². The number of nitrogens with zero attached hydrogens (tertiary/aromatic N) is 1. The van der Waals surface area contributed by atoms with Crippen LogP contribution in [-0.2, 0) is 6.42 Å². The van der Waals surface area contributed by atoms with Crippen LogP contribution in [0.5, 0.6) is 0 Å². The number of nitrogens with one attached hydrogen (secondary N) is 1. The van der Waals surface area contributed by atoms with Crippen LogP contribution in [-0.4, -0.2) is 10.8 Å². The van der Waals surface area contributed by atoms with Crippen LogP contribution in [0.2, 0.25) is 5.02 Å². The van der Waals surface area contributed by atoms with E-state index in [0.717, 1.165) is 22.4 Å². The average Bonchev–Trinajstić information content (AvgIpc) is 3.02. The lowest BCUT2D eigenvalue weighted by Gasteiger charge is -2.06. The van der Waals surface area contributed by atoms with E-state index in [1.165, 1.54) is 11.3 Å². The molecule has 0 fully saturated rings. The smallest absolute Gasteiger partial charge is 0.187 e. The number of benzene rings is 2. The second kappa shape index (κ2) is 7.16. The lowest BCUT2D eigenvalue weighted by Crippen LogP contribution is -2.03. The van der Waals surface area contributed by atoms with Gasteiger partial charge in [0.15, 0.2) is 10.9 Å². The molecule has 3 nitrogen and oxygen atoms in total. The molecule has 0 aliphatic carbocycles. The first-order chi connectivity index (χ1) is 11.5. The second-order valence-electron chi connectivity index (χ2n) is 5.60. The molecule has 0 aliphatic rings. The molecule has 1 N–H and O–H groups in total. The zero-order valence-electron chi connectivity index (χ0n) is 13.5. The van der Waals surface area contributed by atoms with Crippen LogP contribution in [0.25, 0.3) is 0 Å². The SMILES string of the molecule is Cc1ccccc1Nc1ncc(C(=O)Cc2c(C)cccc2Cl)s1. The molecule has 3 aromatic rings. The number of thiazole rings is 1. The molecule has 0 saturated carbocycles. The van der Waals surface area contributed by atoms with Gasteiger partial charge >= 0.3 is 0 Å². The number of carbonyl (C=O) groups is 1. The van der Waals surface area contributed by atoms with E-state index in [1.807, 2.05) is 56.3 Å². The molecule has 24 heavy (non-hydrogen) atoms. The molecular formula is C19H17ClN2OS. The Bertz CT molecular complexity index is 868. The van der Waals surface area contributed by atoms with Crippen LogP contribution in [0.1, 0.15) is 26.4 Å². The minimum absolute atomic E-state index is 0.0292. The highest BCUT2D eigenvalue weighted by Crippen LogP contribution is 2.27. The van der Waals surface area contributed by atoms with E-state index in [9.17, 15) is 4.79 Å². The van der Waals surface area contributed by atoms with E-state index < -0.39 is 0 Å². The zero-order chi connectivity index (χ0) is 17.1. The highest BCUT2D eigenvalue weighted by Gasteiger charge is 2.15. The maximum Gasteiger partial charge on any atom is 0.187 e. The number of Topliss-reactive ketones (excluding diaryl/α,β-unsaturated/α-hetero) is 1. The third-order valence-corrected chi connectivity index (χ3v) is 5.17. The Kier molecular flexibility index (Phi) is 4.97. The van der Waals surface area contributed by atoms with Gasteiger partial charge in [-0.05, 0) is 42.7 Å². The van der Waals surface area contributed by atoms with E-state index in [1.54, 1.807) is 6.20 Å². The maximum absolute atomic E-state index is 12.5. The predicted octanol–water partition coefficient (Wildman–Crippen LogP) is 5.58. The fraction of sp³-hybridized carbons (Fsp3) is 0.158. The summed E-state index contributed by atoms with van der Waals surface area (Å²) in [5, 5.41) is 4.61. The lowest BCUT2D eigenvalue weighted by atomic mass is 10.0. The van der Waals surface area contributed by atoms with Gasteiger partial charge in [0.2, 0.25) is 0 Å². The van der Waals surface area contributed by atoms with Gasteiger partial charge in [-0.15, -0.1) is 0 Å². The molecule has 5 heteroatoms. The summed E-state index contributed by atoms with van der Waals surface area (Å²) >= 11 is 7.57. The molecule has 1 aromatic heterocycles. The molecule has 122 valence electrons. The molecule has 1 heterocycles. The molecule has 0 bridgehead atoms. The number of ketones is 1. The number of aromatic nitrogens is 1. The summed E-state index contributed by atoms with van der Waals surface area (Å²) in [5.74, 6) is 0.0292. The third-order valence-electron chi connectivity index (χ3n) is 3.86. The number of carbonyl (C=O) groups excluding carboxylic acids is 1. The first kappa shape index (κ1) is 16.7. The highest BCUT2D eigenvalue weighted by atomic mass is 35.5.